The molecule has 0 spiro atoms. The number of anilines is 1. The minimum absolute atomic E-state index is 0.123. The summed E-state index contributed by atoms with van der Waals surface area (Å²) in [5, 5.41) is 10.3. The molecule has 0 unspecified atom stereocenters. The van der Waals surface area contributed by atoms with Crippen molar-refractivity contribution in [3.05, 3.63) is 24.3 Å². The molecule has 4 nitrogen and oxygen atoms in total. The predicted molar refractivity (Wildman–Crippen MR) is 74.1 cm³/mol. The molecule has 3 rings (SSSR count). The Labute approximate surface area is 114 Å². The van der Waals surface area contributed by atoms with Crippen LogP contribution in [0.5, 0.6) is 0 Å². The molecule has 104 valence electrons. The highest BCUT2D eigenvalue weighted by Gasteiger charge is 2.51. The summed E-state index contributed by atoms with van der Waals surface area (Å²) in [6.07, 6.45) is 2.27. The van der Waals surface area contributed by atoms with E-state index < -0.39 is 15.4 Å². The molecular formula is C14H19NO3S. The molecule has 1 N–H and O–H groups in total. The first-order valence-corrected chi connectivity index (χ1v) is 8.40. The van der Waals surface area contributed by atoms with Gasteiger partial charge in [0.25, 0.3) is 0 Å². The van der Waals surface area contributed by atoms with E-state index in [4.69, 9.17) is 0 Å². The van der Waals surface area contributed by atoms with E-state index in [1.807, 2.05) is 12.1 Å². The van der Waals surface area contributed by atoms with Gasteiger partial charge in [-0.3, -0.25) is 0 Å². The highest BCUT2D eigenvalue weighted by atomic mass is 32.2. The van der Waals surface area contributed by atoms with Crippen LogP contribution >= 0.6 is 0 Å². The van der Waals surface area contributed by atoms with Crippen LogP contribution in [0.2, 0.25) is 0 Å². The fourth-order valence-electron chi connectivity index (χ4n) is 2.71. The van der Waals surface area contributed by atoms with Gasteiger partial charge in [-0.2, -0.15) is 0 Å². The normalized spacial score (nSPS) is 22.1. The maximum atomic E-state index is 11.7. The number of aliphatic hydroxyl groups is 1. The SMILES string of the molecule is CCS(=O)(=O)c1ccc(N2CC(O)(C3CC3)C2)cc1. The van der Waals surface area contributed by atoms with Gasteiger partial charge in [0.05, 0.1) is 10.6 Å². The zero-order chi connectivity index (χ0) is 13.7. The van der Waals surface area contributed by atoms with Crippen LogP contribution in [-0.2, 0) is 9.84 Å². The molecule has 5 heteroatoms. The second-order valence-corrected chi connectivity index (χ2v) is 7.91. The molecule has 1 heterocycles. The molecule has 0 atom stereocenters. The van der Waals surface area contributed by atoms with Gasteiger partial charge in [0, 0.05) is 18.8 Å². The Morgan fingerprint density at radius 2 is 1.84 bits per heavy atom. The number of benzene rings is 1. The summed E-state index contributed by atoms with van der Waals surface area (Å²) in [4.78, 5) is 2.47. The van der Waals surface area contributed by atoms with Crippen molar-refractivity contribution in [2.45, 2.75) is 30.3 Å². The molecule has 0 radical (unpaired) electrons. The Morgan fingerprint density at radius 3 is 2.32 bits per heavy atom. The molecule has 2 aliphatic rings. The maximum absolute atomic E-state index is 11.7. The molecule has 0 amide bonds. The Kier molecular flexibility index (Phi) is 2.87. The van der Waals surface area contributed by atoms with E-state index >= 15 is 0 Å². The predicted octanol–water partition coefficient (Wildman–Crippen LogP) is 1.44. The Balaban J connectivity index is 1.71. The van der Waals surface area contributed by atoms with E-state index in [9.17, 15) is 13.5 Å². The van der Waals surface area contributed by atoms with Gasteiger partial charge in [-0.1, -0.05) is 6.92 Å². The summed E-state index contributed by atoms with van der Waals surface area (Å²) in [6, 6.07) is 6.97. The van der Waals surface area contributed by atoms with Crippen LogP contribution in [0.15, 0.2) is 29.2 Å². The monoisotopic (exact) mass is 281 g/mol. The molecule has 2 fully saturated rings. The maximum Gasteiger partial charge on any atom is 0.178 e. The molecule has 1 saturated heterocycles. The van der Waals surface area contributed by atoms with E-state index in [-0.39, 0.29) is 5.75 Å². The summed E-state index contributed by atoms with van der Waals surface area (Å²) in [5.41, 5.74) is 0.481. The van der Waals surface area contributed by atoms with Gasteiger partial charge in [-0.05, 0) is 43.0 Å². The van der Waals surface area contributed by atoms with Crippen molar-refractivity contribution < 1.29 is 13.5 Å². The number of hydrogen-bond donors (Lipinski definition) is 1. The fourth-order valence-corrected chi connectivity index (χ4v) is 3.59. The second kappa shape index (κ2) is 4.21. The largest absolute Gasteiger partial charge is 0.386 e. The van der Waals surface area contributed by atoms with Gasteiger partial charge in [0.1, 0.15) is 5.60 Å². The number of β-amino-alcohol motifs (C(OH)–C–C–N with tert-alkyl or cyclic N) is 1. The van der Waals surface area contributed by atoms with Gasteiger partial charge < -0.3 is 10.0 Å². The second-order valence-electron chi connectivity index (χ2n) is 5.63. The van der Waals surface area contributed by atoms with Crippen molar-refractivity contribution in [2.24, 2.45) is 5.92 Å². The van der Waals surface area contributed by atoms with Gasteiger partial charge in [-0.25, -0.2) is 8.42 Å². The quantitative estimate of drug-likeness (QED) is 0.907. The van der Waals surface area contributed by atoms with Crippen molar-refractivity contribution in [3.8, 4) is 0 Å². The van der Waals surface area contributed by atoms with Crippen molar-refractivity contribution in [2.75, 3.05) is 23.7 Å². The van der Waals surface area contributed by atoms with E-state index in [0.717, 1.165) is 18.5 Å². The average molecular weight is 281 g/mol. The first kappa shape index (κ1) is 12.9. The highest BCUT2D eigenvalue weighted by Crippen LogP contribution is 2.45. The third-order valence-electron chi connectivity index (χ3n) is 4.21. The van der Waals surface area contributed by atoms with Crippen LogP contribution in [0.1, 0.15) is 19.8 Å². The molecule has 0 bridgehead atoms. The lowest BCUT2D eigenvalue weighted by Gasteiger charge is -2.48. The minimum atomic E-state index is -3.12. The van der Waals surface area contributed by atoms with Gasteiger partial charge >= 0.3 is 0 Å². The lowest BCUT2D eigenvalue weighted by atomic mass is 9.88. The van der Waals surface area contributed by atoms with Crippen LogP contribution in [0.3, 0.4) is 0 Å². The Morgan fingerprint density at radius 1 is 1.26 bits per heavy atom. The third-order valence-corrected chi connectivity index (χ3v) is 5.96. The lowest BCUT2D eigenvalue weighted by Crippen LogP contribution is -2.63. The lowest BCUT2D eigenvalue weighted by molar-refractivity contribution is -0.00930. The summed E-state index contributed by atoms with van der Waals surface area (Å²) in [6.45, 7) is 2.98. The summed E-state index contributed by atoms with van der Waals surface area (Å²) >= 11 is 0. The average Bonchev–Trinajstić information content (AvgIpc) is 3.20. The van der Waals surface area contributed by atoms with Crippen LogP contribution in [0.25, 0.3) is 0 Å². The molecule has 1 aromatic carbocycles. The molecule has 0 aromatic heterocycles. The summed E-state index contributed by atoms with van der Waals surface area (Å²) in [7, 11) is -3.12. The zero-order valence-corrected chi connectivity index (χ0v) is 11.9. The van der Waals surface area contributed by atoms with Crippen molar-refractivity contribution in [3.63, 3.8) is 0 Å². The van der Waals surface area contributed by atoms with Crippen LogP contribution in [-0.4, -0.2) is 38.0 Å². The molecule has 1 aliphatic heterocycles. The Hall–Kier alpha value is -1.07. The first-order valence-electron chi connectivity index (χ1n) is 6.75. The molecular weight excluding hydrogens is 262 g/mol. The van der Waals surface area contributed by atoms with Crippen LogP contribution in [0.4, 0.5) is 5.69 Å². The topological polar surface area (TPSA) is 57.6 Å². The molecule has 1 aliphatic carbocycles. The van der Waals surface area contributed by atoms with Crippen LogP contribution in [0, 0.1) is 5.92 Å². The highest BCUT2D eigenvalue weighted by molar-refractivity contribution is 7.91. The van der Waals surface area contributed by atoms with E-state index in [1.165, 1.54) is 0 Å². The first-order chi connectivity index (χ1) is 8.94. The molecule has 1 saturated carbocycles. The number of sulfone groups is 1. The molecule has 1 aromatic rings. The van der Waals surface area contributed by atoms with Gasteiger partial charge in [0.2, 0.25) is 0 Å². The number of rotatable bonds is 4. The number of hydrogen-bond acceptors (Lipinski definition) is 4. The smallest absolute Gasteiger partial charge is 0.178 e. The van der Waals surface area contributed by atoms with Gasteiger partial charge in [0.15, 0.2) is 9.84 Å². The van der Waals surface area contributed by atoms with Crippen molar-refractivity contribution >= 4 is 15.5 Å². The number of nitrogens with zero attached hydrogens (tertiary/aromatic N) is 1. The minimum Gasteiger partial charge on any atom is -0.386 e. The molecule has 19 heavy (non-hydrogen) atoms. The van der Waals surface area contributed by atoms with E-state index in [1.54, 1.807) is 19.1 Å². The fraction of sp³-hybridized carbons (Fsp3) is 0.571. The van der Waals surface area contributed by atoms with Crippen molar-refractivity contribution in [1.82, 2.24) is 0 Å². The van der Waals surface area contributed by atoms with Crippen LogP contribution < -0.4 is 4.90 Å². The van der Waals surface area contributed by atoms with E-state index in [2.05, 4.69) is 4.90 Å². The Bertz CT molecular complexity index is 569. The summed E-state index contributed by atoms with van der Waals surface area (Å²) in [5.74, 6) is 0.598. The van der Waals surface area contributed by atoms with E-state index in [0.29, 0.717) is 23.9 Å². The summed E-state index contributed by atoms with van der Waals surface area (Å²) < 4.78 is 23.4. The third kappa shape index (κ3) is 2.25. The standard InChI is InChI=1S/C14H19NO3S/c1-2-19(17,18)13-7-5-12(6-8-13)15-9-14(16,10-15)11-3-4-11/h5-8,11,16H,2-4,9-10H2,1H3. The zero-order valence-electron chi connectivity index (χ0n) is 11.0. The van der Waals surface area contributed by atoms with Crippen molar-refractivity contribution in [1.29, 1.82) is 0 Å². The van der Waals surface area contributed by atoms with Gasteiger partial charge in [-0.15, -0.1) is 0 Å².